The van der Waals surface area contributed by atoms with Gasteiger partial charge < -0.3 is 14.8 Å². The van der Waals surface area contributed by atoms with Gasteiger partial charge in [-0.05, 0) is 36.4 Å². The summed E-state index contributed by atoms with van der Waals surface area (Å²) in [6.45, 7) is 0. The topological polar surface area (TPSA) is 47.6 Å². The van der Waals surface area contributed by atoms with Crippen molar-refractivity contribution in [2.45, 2.75) is 11.3 Å². The largest absolute Gasteiger partial charge is 0.497 e. The van der Waals surface area contributed by atoms with E-state index < -0.39 is 0 Å². The van der Waals surface area contributed by atoms with Gasteiger partial charge in [0.05, 0.1) is 19.9 Å². The van der Waals surface area contributed by atoms with Crippen molar-refractivity contribution < 1.29 is 14.3 Å². The number of halogens is 1. The third-order valence-corrected chi connectivity index (χ3v) is 4.36. The fourth-order valence-corrected chi connectivity index (χ4v) is 2.88. The number of amides is 1. The second kappa shape index (κ2) is 8.70. The summed E-state index contributed by atoms with van der Waals surface area (Å²) in [5, 5.41) is 3.56. The lowest BCUT2D eigenvalue weighted by Gasteiger charge is -2.11. The SMILES string of the molecule is COc1ccc(NC(=O)CCSc2ccc(Cl)cc2)c(OC)c1. The molecule has 0 aliphatic carbocycles. The second-order valence-electron chi connectivity index (χ2n) is 4.67. The van der Waals surface area contributed by atoms with E-state index in [4.69, 9.17) is 21.1 Å². The molecule has 0 heterocycles. The standard InChI is InChI=1S/C17H18ClNO3S/c1-21-13-5-8-15(16(11-13)22-2)19-17(20)9-10-23-14-6-3-12(18)4-7-14/h3-8,11H,9-10H2,1-2H3,(H,19,20). The van der Waals surface area contributed by atoms with Gasteiger partial charge in [-0.25, -0.2) is 0 Å². The van der Waals surface area contributed by atoms with E-state index in [0.29, 0.717) is 34.4 Å². The van der Waals surface area contributed by atoms with Crippen LogP contribution in [0.4, 0.5) is 5.69 Å². The predicted molar refractivity (Wildman–Crippen MR) is 95.0 cm³/mol. The van der Waals surface area contributed by atoms with Crippen LogP contribution in [0.1, 0.15) is 6.42 Å². The van der Waals surface area contributed by atoms with Crippen LogP contribution in [-0.2, 0) is 4.79 Å². The van der Waals surface area contributed by atoms with E-state index in [2.05, 4.69) is 5.32 Å². The number of methoxy groups -OCH3 is 2. The van der Waals surface area contributed by atoms with Gasteiger partial charge in [0.25, 0.3) is 0 Å². The Labute approximate surface area is 145 Å². The number of carbonyl (C=O) groups excluding carboxylic acids is 1. The molecule has 0 saturated heterocycles. The highest BCUT2D eigenvalue weighted by Gasteiger charge is 2.09. The maximum atomic E-state index is 12.0. The zero-order chi connectivity index (χ0) is 16.7. The Kier molecular flexibility index (Phi) is 6.62. The molecule has 0 radical (unpaired) electrons. The quantitative estimate of drug-likeness (QED) is 0.747. The molecule has 6 heteroatoms. The summed E-state index contributed by atoms with van der Waals surface area (Å²) < 4.78 is 10.4. The van der Waals surface area contributed by atoms with Gasteiger partial charge in [0.1, 0.15) is 11.5 Å². The lowest BCUT2D eigenvalue weighted by molar-refractivity contribution is -0.115. The Hall–Kier alpha value is -1.85. The molecule has 2 aromatic carbocycles. The van der Waals surface area contributed by atoms with E-state index in [1.807, 2.05) is 24.3 Å². The van der Waals surface area contributed by atoms with Crippen molar-refractivity contribution in [2.24, 2.45) is 0 Å². The highest BCUT2D eigenvalue weighted by molar-refractivity contribution is 7.99. The van der Waals surface area contributed by atoms with Gasteiger partial charge >= 0.3 is 0 Å². The second-order valence-corrected chi connectivity index (χ2v) is 6.27. The number of hydrogen-bond donors (Lipinski definition) is 1. The minimum absolute atomic E-state index is 0.0602. The van der Waals surface area contributed by atoms with Gasteiger partial charge in [0.15, 0.2) is 0 Å². The number of anilines is 1. The zero-order valence-corrected chi connectivity index (χ0v) is 14.5. The van der Waals surface area contributed by atoms with Crippen molar-refractivity contribution in [1.82, 2.24) is 0 Å². The fourth-order valence-electron chi connectivity index (χ4n) is 1.91. The van der Waals surface area contributed by atoms with Crippen LogP contribution in [-0.4, -0.2) is 25.9 Å². The van der Waals surface area contributed by atoms with Gasteiger partial charge in [-0.15, -0.1) is 11.8 Å². The number of thioether (sulfide) groups is 1. The Morgan fingerprint density at radius 1 is 1.13 bits per heavy atom. The lowest BCUT2D eigenvalue weighted by atomic mass is 10.2. The molecule has 1 N–H and O–H groups in total. The van der Waals surface area contributed by atoms with Crippen LogP contribution in [0.3, 0.4) is 0 Å². The number of nitrogens with one attached hydrogen (secondary N) is 1. The van der Waals surface area contributed by atoms with E-state index in [0.717, 1.165) is 4.90 Å². The summed E-state index contributed by atoms with van der Waals surface area (Å²) in [5.74, 6) is 1.88. The van der Waals surface area contributed by atoms with Crippen molar-refractivity contribution in [3.63, 3.8) is 0 Å². The smallest absolute Gasteiger partial charge is 0.225 e. The van der Waals surface area contributed by atoms with Crippen molar-refractivity contribution in [1.29, 1.82) is 0 Å². The Bertz CT molecular complexity index is 661. The summed E-state index contributed by atoms with van der Waals surface area (Å²) in [7, 11) is 3.14. The molecule has 0 atom stereocenters. The number of carbonyl (C=O) groups is 1. The van der Waals surface area contributed by atoms with E-state index >= 15 is 0 Å². The van der Waals surface area contributed by atoms with Gasteiger partial charge in [-0.1, -0.05) is 11.6 Å². The molecule has 0 saturated carbocycles. The third kappa shape index (κ3) is 5.37. The summed E-state index contributed by atoms with van der Waals surface area (Å²) in [6, 6.07) is 12.8. The highest BCUT2D eigenvalue weighted by atomic mass is 35.5. The first kappa shape index (κ1) is 17.5. The summed E-state index contributed by atoms with van der Waals surface area (Å²) in [4.78, 5) is 13.1. The molecule has 1 amide bonds. The maximum absolute atomic E-state index is 12.0. The van der Waals surface area contributed by atoms with Crippen molar-refractivity contribution in [2.75, 3.05) is 25.3 Å². The number of ether oxygens (including phenoxy) is 2. The zero-order valence-electron chi connectivity index (χ0n) is 13.0. The Morgan fingerprint density at radius 3 is 2.52 bits per heavy atom. The summed E-state index contributed by atoms with van der Waals surface area (Å²) >= 11 is 7.46. The molecule has 0 bridgehead atoms. The van der Waals surface area contributed by atoms with Crippen molar-refractivity contribution in [3.8, 4) is 11.5 Å². The van der Waals surface area contributed by atoms with Crippen molar-refractivity contribution in [3.05, 3.63) is 47.5 Å². The normalized spacial score (nSPS) is 10.2. The lowest BCUT2D eigenvalue weighted by Crippen LogP contribution is -2.13. The number of rotatable bonds is 7. The number of hydrogen-bond acceptors (Lipinski definition) is 4. The maximum Gasteiger partial charge on any atom is 0.225 e. The molecule has 0 fully saturated rings. The molecule has 0 aromatic heterocycles. The van der Waals surface area contributed by atoms with Gasteiger partial charge in [-0.3, -0.25) is 4.79 Å². The molecule has 0 aliphatic heterocycles. The van der Waals surface area contributed by atoms with Gasteiger partial charge in [0, 0.05) is 28.2 Å². The molecule has 0 unspecified atom stereocenters. The molecule has 23 heavy (non-hydrogen) atoms. The molecule has 122 valence electrons. The minimum Gasteiger partial charge on any atom is -0.497 e. The van der Waals surface area contributed by atoms with Crippen LogP contribution in [0.15, 0.2) is 47.4 Å². The first-order valence-electron chi connectivity index (χ1n) is 7.02. The van der Waals surface area contributed by atoms with E-state index in [9.17, 15) is 4.79 Å². The average molecular weight is 352 g/mol. The molecule has 2 rings (SSSR count). The van der Waals surface area contributed by atoms with Gasteiger partial charge in [-0.2, -0.15) is 0 Å². The molecular weight excluding hydrogens is 334 g/mol. The fraction of sp³-hybridized carbons (Fsp3) is 0.235. The van der Waals surface area contributed by atoms with Crippen LogP contribution >= 0.6 is 23.4 Å². The van der Waals surface area contributed by atoms with Crippen molar-refractivity contribution >= 4 is 35.0 Å². The molecule has 0 spiro atoms. The molecular formula is C17H18ClNO3S. The first-order valence-corrected chi connectivity index (χ1v) is 8.39. The van der Waals surface area contributed by atoms with E-state index in [1.165, 1.54) is 0 Å². The van der Waals surface area contributed by atoms with Crippen LogP contribution in [0.2, 0.25) is 5.02 Å². The monoisotopic (exact) mass is 351 g/mol. The highest BCUT2D eigenvalue weighted by Crippen LogP contribution is 2.29. The number of benzene rings is 2. The third-order valence-electron chi connectivity index (χ3n) is 3.09. The van der Waals surface area contributed by atoms with Gasteiger partial charge in [0.2, 0.25) is 5.91 Å². The van der Waals surface area contributed by atoms with Crippen LogP contribution in [0.5, 0.6) is 11.5 Å². The van der Waals surface area contributed by atoms with Crippen LogP contribution < -0.4 is 14.8 Å². The molecule has 2 aromatic rings. The summed E-state index contributed by atoms with van der Waals surface area (Å²) in [6.07, 6.45) is 0.405. The predicted octanol–water partition coefficient (Wildman–Crippen LogP) is 4.48. The molecule has 0 aliphatic rings. The van der Waals surface area contributed by atoms with Crippen LogP contribution in [0, 0.1) is 0 Å². The Balaban J connectivity index is 1.86. The first-order chi connectivity index (χ1) is 11.1. The van der Waals surface area contributed by atoms with Crippen LogP contribution in [0.25, 0.3) is 0 Å². The molecule has 4 nitrogen and oxygen atoms in total. The average Bonchev–Trinajstić information content (AvgIpc) is 2.57. The Morgan fingerprint density at radius 2 is 1.87 bits per heavy atom. The summed E-state index contributed by atoms with van der Waals surface area (Å²) in [5.41, 5.74) is 0.634. The minimum atomic E-state index is -0.0602. The van der Waals surface area contributed by atoms with E-state index in [1.54, 1.807) is 44.2 Å². The van der Waals surface area contributed by atoms with E-state index in [-0.39, 0.29) is 5.91 Å².